The van der Waals surface area contributed by atoms with E-state index in [0.29, 0.717) is 12.8 Å². The molecule has 0 aromatic heterocycles. The summed E-state index contributed by atoms with van der Waals surface area (Å²) in [6.45, 7) is 17.2. The van der Waals surface area contributed by atoms with Crippen molar-refractivity contribution in [1.29, 1.82) is 0 Å². The van der Waals surface area contributed by atoms with Crippen LogP contribution in [-0.2, 0) is 13.9 Å². The first-order valence-electron chi connectivity index (χ1n) is 19.9. The highest BCUT2D eigenvalue weighted by molar-refractivity contribution is 6.99. The lowest BCUT2D eigenvalue weighted by molar-refractivity contribution is -0.303. The van der Waals surface area contributed by atoms with Crippen LogP contribution in [0, 0.1) is 0 Å². The summed E-state index contributed by atoms with van der Waals surface area (Å²) in [5.41, 5.74) is 0. The van der Waals surface area contributed by atoms with E-state index in [2.05, 4.69) is 94.9 Å². The summed E-state index contributed by atoms with van der Waals surface area (Å²) in [6.07, 6.45) is 22.7. The largest absolute Gasteiger partial charge is 0.404 e. The number of ether oxygens (including phenoxy) is 2. The summed E-state index contributed by atoms with van der Waals surface area (Å²) in [6, 6.07) is 22.1. The first-order chi connectivity index (χ1) is 23.5. The fourth-order valence-electron chi connectivity index (χ4n) is 7.92. The first-order valence-corrected chi connectivity index (χ1v) is 21.8. The molecule has 2 aromatic carbocycles. The van der Waals surface area contributed by atoms with Crippen LogP contribution in [0.2, 0.25) is 5.04 Å². The second-order valence-corrected chi connectivity index (χ2v) is 20.4. The summed E-state index contributed by atoms with van der Waals surface area (Å²) in [7, 11) is -2.68. The number of unbranched alkanes of at least 4 members (excludes halogenated alkanes) is 11. The molecule has 0 spiro atoms. The summed E-state index contributed by atoms with van der Waals surface area (Å²) in [4.78, 5) is 0. The quantitative estimate of drug-likeness (QED) is 0.0676. The van der Waals surface area contributed by atoms with Gasteiger partial charge in [0.2, 0.25) is 0 Å². The van der Waals surface area contributed by atoms with Crippen LogP contribution in [0.25, 0.3) is 0 Å². The molecule has 276 valence electrons. The highest BCUT2D eigenvalue weighted by Gasteiger charge is 2.51. The normalized spacial score (nSPS) is 19.4. The maximum Gasteiger partial charge on any atom is 0.261 e. The van der Waals surface area contributed by atoms with E-state index in [4.69, 9.17) is 13.9 Å². The molecule has 1 saturated heterocycles. The zero-order valence-corrected chi connectivity index (χ0v) is 33.3. The van der Waals surface area contributed by atoms with E-state index in [9.17, 15) is 5.11 Å². The summed E-state index contributed by atoms with van der Waals surface area (Å²) < 4.78 is 20.5. The standard InChI is InChI=1S/C44H72O4Si/c1-8-10-11-12-13-14-15-16-17-18-19-22-28-38(33-34-39-36-40(35-37(45)27-9-2)47-44(6,7)46-39)48-49(43(3,4)5,41-29-23-20-24-30-41)42-31-25-21-26-32-42/h9,20-21,23-26,29-32,37-40,45H,2,8,10-19,22,27-28,33-36H2,1,3-7H3/t37?,38-,39-,40+/m0/s1. The van der Waals surface area contributed by atoms with Gasteiger partial charge in [0, 0.05) is 18.9 Å². The van der Waals surface area contributed by atoms with Crippen molar-refractivity contribution < 1.29 is 19.0 Å². The molecule has 5 heteroatoms. The van der Waals surface area contributed by atoms with Crippen LogP contribution < -0.4 is 10.4 Å². The van der Waals surface area contributed by atoms with Gasteiger partial charge in [0.25, 0.3) is 8.32 Å². The van der Waals surface area contributed by atoms with E-state index < -0.39 is 20.2 Å². The minimum Gasteiger partial charge on any atom is -0.404 e. The van der Waals surface area contributed by atoms with Crippen molar-refractivity contribution in [3.8, 4) is 0 Å². The molecular formula is C44H72O4Si. The van der Waals surface area contributed by atoms with Gasteiger partial charge in [0.05, 0.1) is 18.3 Å². The number of aliphatic hydroxyl groups is 1. The van der Waals surface area contributed by atoms with E-state index in [-0.39, 0.29) is 23.4 Å². The van der Waals surface area contributed by atoms with Gasteiger partial charge in [-0.3, -0.25) is 0 Å². The van der Waals surface area contributed by atoms with E-state index in [1.807, 2.05) is 13.8 Å². The SMILES string of the molecule is C=CCC(O)C[C@@H]1C[C@H](CC[C@H](CCCCCCCCCCCCCC)O[Si](c2ccccc2)(c2ccccc2)C(C)(C)C)OC(C)(C)O1. The van der Waals surface area contributed by atoms with E-state index in [1.54, 1.807) is 6.08 Å². The molecular weight excluding hydrogens is 621 g/mol. The van der Waals surface area contributed by atoms with Crippen LogP contribution in [0.4, 0.5) is 0 Å². The average molecular weight is 693 g/mol. The van der Waals surface area contributed by atoms with Gasteiger partial charge >= 0.3 is 0 Å². The fraction of sp³-hybridized carbons (Fsp3) is 0.682. The zero-order chi connectivity index (χ0) is 35.6. The Kier molecular flexibility index (Phi) is 18.3. The molecule has 0 saturated carbocycles. The number of benzene rings is 2. The van der Waals surface area contributed by atoms with Gasteiger partial charge in [-0.25, -0.2) is 0 Å². The Morgan fingerprint density at radius 1 is 0.796 bits per heavy atom. The molecule has 1 heterocycles. The Hall–Kier alpha value is -1.76. The van der Waals surface area contributed by atoms with E-state index in [1.165, 1.54) is 87.4 Å². The van der Waals surface area contributed by atoms with Gasteiger partial charge in [-0.1, -0.05) is 171 Å². The molecule has 1 aliphatic heterocycles. The van der Waals surface area contributed by atoms with Crippen LogP contribution >= 0.6 is 0 Å². The van der Waals surface area contributed by atoms with Gasteiger partial charge in [-0.2, -0.15) is 0 Å². The molecule has 2 aromatic rings. The Morgan fingerprint density at radius 3 is 1.78 bits per heavy atom. The maximum absolute atomic E-state index is 10.5. The molecule has 0 amide bonds. The molecule has 1 aliphatic rings. The number of aliphatic hydroxyl groups excluding tert-OH is 1. The molecule has 0 radical (unpaired) electrons. The van der Waals surface area contributed by atoms with Crippen molar-refractivity contribution >= 4 is 18.7 Å². The third-order valence-electron chi connectivity index (χ3n) is 10.4. The van der Waals surface area contributed by atoms with Crippen molar-refractivity contribution in [3.05, 3.63) is 73.3 Å². The van der Waals surface area contributed by atoms with Crippen LogP contribution in [0.1, 0.15) is 157 Å². The second-order valence-electron chi connectivity index (χ2n) is 16.2. The van der Waals surface area contributed by atoms with Crippen LogP contribution in [0.15, 0.2) is 73.3 Å². The summed E-state index contributed by atoms with van der Waals surface area (Å²) >= 11 is 0. The second kappa shape index (κ2) is 21.6. The van der Waals surface area contributed by atoms with Gasteiger partial charge in [-0.05, 0) is 54.9 Å². The van der Waals surface area contributed by atoms with Crippen molar-refractivity contribution in [2.75, 3.05) is 0 Å². The molecule has 1 N–H and O–H groups in total. The average Bonchev–Trinajstić information content (AvgIpc) is 3.05. The minimum atomic E-state index is -2.68. The number of rotatable bonds is 24. The zero-order valence-electron chi connectivity index (χ0n) is 32.3. The monoisotopic (exact) mass is 693 g/mol. The van der Waals surface area contributed by atoms with E-state index in [0.717, 1.165) is 25.7 Å². The molecule has 1 fully saturated rings. The summed E-state index contributed by atoms with van der Waals surface area (Å²) in [5, 5.41) is 13.1. The van der Waals surface area contributed by atoms with Crippen molar-refractivity contribution in [1.82, 2.24) is 0 Å². The molecule has 1 unspecified atom stereocenters. The first kappa shape index (κ1) is 41.7. The third kappa shape index (κ3) is 14.1. The van der Waals surface area contributed by atoms with Crippen molar-refractivity contribution in [2.45, 2.75) is 192 Å². The number of hydrogen-bond acceptors (Lipinski definition) is 4. The molecule has 49 heavy (non-hydrogen) atoms. The fourth-order valence-corrected chi connectivity index (χ4v) is 12.7. The lowest BCUT2D eigenvalue weighted by Gasteiger charge is -2.46. The maximum atomic E-state index is 10.5. The lowest BCUT2D eigenvalue weighted by atomic mass is 9.96. The predicted octanol–water partition coefficient (Wildman–Crippen LogP) is 11.0. The van der Waals surface area contributed by atoms with Crippen LogP contribution in [0.3, 0.4) is 0 Å². The van der Waals surface area contributed by atoms with Crippen LogP contribution in [0.5, 0.6) is 0 Å². The Morgan fingerprint density at radius 2 is 1.29 bits per heavy atom. The Labute approximate surface area is 302 Å². The predicted molar refractivity (Wildman–Crippen MR) is 211 cm³/mol. The van der Waals surface area contributed by atoms with Gasteiger partial charge in [0.1, 0.15) is 0 Å². The lowest BCUT2D eigenvalue weighted by Crippen LogP contribution is -2.67. The molecule has 3 rings (SSSR count). The molecule has 4 atom stereocenters. The smallest absolute Gasteiger partial charge is 0.261 e. The van der Waals surface area contributed by atoms with Gasteiger partial charge in [0.15, 0.2) is 5.79 Å². The number of hydrogen-bond donors (Lipinski definition) is 1. The minimum absolute atomic E-state index is 0.0314. The Balaban J connectivity index is 1.73. The molecule has 4 nitrogen and oxygen atoms in total. The van der Waals surface area contributed by atoms with Crippen molar-refractivity contribution in [2.24, 2.45) is 0 Å². The van der Waals surface area contributed by atoms with Crippen molar-refractivity contribution in [3.63, 3.8) is 0 Å². The Bertz CT molecular complexity index is 1110. The van der Waals surface area contributed by atoms with E-state index >= 15 is 0 Å². The summed E-state index contributed by atoms with van der Waals surface area (Å²) in [5.74, 6) is -0.675. The topological polar surface area (TPSA) is 47.9 Å². The van der Waals surface area contributed by atoms with Gasteiger partial charge in [-0.15, -0.1) is 6.58 Å². The third-order valence-corrected chi connectivity index (χ3v) is 15.4. The molecule has 0 aliphatic carbocycles. The van der Waals surface area contributed by atoms with Crippen LogP contribution in [-0.4, -0.2) is 43.6 Å². The highest BCUT2D eigenvalue weighted by Crippen LogP contribution is 2.39. The van der Waals surface area contributed by atoms with Gasteiger partial charge < -0.3 is 19.0 Å². The highest BCUT2D eigenvalue weighted by atomic mass is 28.4. The molecule has 0 bridgehead atoms.